The number of hydrogen-bond donors (Lipinski definition) is 3. The van der Waals surface area contributed by atoms with Crippen LogP contribution in [0.1, 0.15) is 31.7 Å². The van der Waals surface area contributed by atoms with E-state index in [0.717, 1.165) is 11.3 Å². The maximum atomic E-state index is 12.6. The van der Waals surface area contributed by atoms with Gasteiger partial charge in [-0.05, 0) is 31.0 Å². The second-order valence-electron chi connectivity index (χ2n) is 7.29. The van der Waals surface area contributed by atoms with Crippen molar-refractivity contribution in [1.82, 2.24) is 5.32 Å². The molecular weight excluding hydrogens is 366 g/mol. The molecule has 2 aromatic carbocycles. The average molecular weight is 399 g/mol. The fourth-order valence-electron chi connectivity index (χ4n) is 3.14. The zero-order valence-corrected chi connectivity index (χ0v) is 17.7. The van der Waals surface area contributed by atoms with Crippen LogP contribution in [0.5, 0.6) is 5.75 Å². The summed E-state index contributed by atoms with van der Waals surface area (Å²) in [7, 11) is 3.43. The smallest absolute Gasteiger partial charge is 0.279 e. The molecular formula is C23H32N3O3+. The standard InChI is InChI=1S/C23H31N3O3/c1-5-18(19-10-7-6-8-11-19)15-24-23(28)17(2)26(3)16-22(27)25-20-12-9-13-21(14-20)29-4/h6-14,17-18H,5,15-16H2,1-4H3,(H,24,28)(H,25,27)/p+1/t17-,18-/m1/s1. The highest BCUT2D eigenvalue weighted by Gasteiger charge is 2.24. The molecule has 0 bridgehead atoms. The molecule has 2 rings (SSSR count). The van der Waals surface area contributed by atoms with Crippen LogP contribution in [0.2, 0.25) is 0 Å². The Balaban J connectivity index is 1.84. The molecule has 0 aliphatic carbocycles. The number of ether oxygens (including phenoxy) is 1. The third-order valence-electron chi connectivity index (χ3n) is 5.21. The molecule has 3 N–H and O–H groups in total. The first-order chi connectivity index (χ1) is 13.9. The molecule has 0 spiro atoms. The van der Waals surface area contributed by atoms with Crippen LogP contribution >= 0.6 is 0 Å². The lowest BCUT2D eigenvalue weighted by Crippen LogP contribution is -3.15. The largest absolute Gasteiger partial charge is 0.497 e. The quantitative estimate of drug-likeness (QED) is 0.572. The molecule has 3 atom stereocenters. The van der Waals surface area contributed by atoms with Crippen molar-refractivity contribution < 1.29 is 19.2 Å². The van der Waals surface area contributed by atoms with E-state index in [-0.39, 0.29) is 30.3 Å². The van der Waals surface area contributed by atoms with Gasteiger partial charge in [0.2, 0.25) is 0 Å². The van der Waals surface area contributed by atoms with Gasteiger partial charge in [-0.15, -0.1) is 0 Å². The Morgan fingerprint density at radius 1 is 1.10 bits per heavy atom. The van der Waals surface area contributed by atoms with Crippen LogP contribution in [0.25, 0.3) is 0 Å². The zero-order valence-electron chi connectivity index (χ0n) is 17.7. The first kappa shape index (κ1) is 22.4. The van der Waals surface area contributed by atoms with Crippen molar-refractivity contribution >= 4 is 17.5 Å². The number of rotatable bonds is 10. The lowest BCUT2D eigenvalue weighted by Gasteiger charge is -2.22. The molecule has 0 fully saturated rings. The Morgan fingerprint density at radius 2 is 1.83 bits per heavy atom. The van der Waals surface area contributed by atoms with Gasteiger partial charge in [-0.1, -0.05) is 43.3 Å². The van der Waals surface area contributed by atoms with Crippen molar-refractivity contribution in [3.05, 3.63) is 60.2 Å². The molecule has 0 aliphatic heterocycles. The van der Waals surface area contributed by atoms with Gasteiger partial charge in [0.25, 0.3) is 11.8 Å². The van der Waals surface area contributed by atoms with Crippen LogP contribution in [-0.2, 0) is 9.59 Å². The van der Waals surface area contributed by atoms with E-state index in [1.165, 1.54) is 5.56 Å². The van der Waals surface area contributed by atoms with Gasteiger partial charge >= 0.3 is 0 Å². The molecule has 156 valence electrons. The van der Waals surface area contributed by atoms with Gasteiger partial charge in [-0.3, -0.25) is 9.59 Å². The fourth-order valence-corrected chi connectivity index (χ4v) is 3.14. The molecule has 0 heterocycles. The van der Waals surface area contributed by atoms with E-state index in [4.69, 9.17) is 4.74 Å². The molecule has 0 saturated heterocycles. The number of amides is 2. The monoisotopic (exact) mass is 398 g/mol. The van der Waals surface area contributed by atoms with Crippen LogP contribution in [0.3, 0.4) is 0 Å². The summed E-state index contributed by atoms with van der Waals surface area (Å²) in [6.07, 6.45) is 0.949. The third-order valence-corrected chi connectivity index (χ3v) is 5.21. The minimum atomic E-state index is -0.334. The van der Waals surface area contributed by atoms with Crippen molar-refractivity contribution in [2.24, 2.45) is 0 Å². The number of nitrogens with one attached hydrogen (secondary N) is 3. The first-order valence-corrected chi connectivity index (χ1v) is 10.0. The predicted molar refractivity (Wildman–Crippen MR) is 115 cm³/mol. The topological polar surface area (TPSA) is 71.9 Å². The maximum absolute atomic E-state index is 12.6. The molecule has 6 heteroatoms. The van der Waals surface area contributed by atoms with Crippen LogP contribution in [0, 0.1) is 0 Å². The van der Waals surface area contributed by atoms with Gasteiger partial charge < -0.3 is 20.3 Å². The summed E-state index contributed by atoms with van der Waals surface area (Å²) in [6, 6.07) is 17.1. The zero-order chi connectivity index (χ0) is 21.2. The van der Waals surface area contributed by atoms with Gasteiger partial charge in [0.15, 0.2) is 12.6 Å². The highest BCUT2D eigenvalue weighted by atomic mass is 16.5. The summed E-state index contributed by atoms with van der Waals surface area (Å²) >= 11 is 0. The molecule has 0 radical (unpaired) electrons. The number of likely N-dealkylation sites (N-methyl/N-ethyl adjacent to an activating group) is 1. The number of hydrogen-bond acceptors (Lipinski definition) is 3. The van der Waals surface area contributed by atoms with E-state index in [0.29, 0.717) is 18.0 Å². The lowest BCUT2D eigenvalue weighted by atomic mass is 9.96. The number of carbonyl (C=O) groups excluding carboxylic acids is 2. The summed E-state index contributed by atoms with van der Waals surface area (Å²) in [4.78, 5) is 25.8. The Morgan fingerprint density at radius 3 is 2.48 bits per heavy atom. The Labute approximate surface area is 173 Å². The minimum absolute atomic E-state index is 0.0499. The van der Waals surface area contributed by atoms with Crippen LogP contribution in [0.4, 0.5) is 5.69 Å². The predicted octanol–water partition coefficient (Wildman–Crippen LogP) is 1.85. The van der Waals surface area contributed by atoms with E-state index in [2.05, 4.69) is 29.7 Å². The fraction of sp³-hybridized carbons (Fsp3) is 0.391. The second kappa shape index (κ2) is 11.2. The third kappa shape index (κ3) is 6.91. The normalized spacial score (nSPS) is 13.8. The van der Waals surface area contributed by atoms with Gasteiger partial charge in [0.1, 0.15) is 5.75 Å². The van der Waals surface area contributed by atoms with Crippen LogP contribution in [0.15, 0.2) is 54.6 Å². The molecule has 2 aromatic rings. The molecule has 29 heavy (non-hydrogen) atoms. The van der Waals surface area contributed by atoms with Crippen molar-refractivity contribution in [3.63, 3.8) is 0 Å². The number of methoxy groups -OCH3 is 1. The molecule has 0 aliphatic rings. The van der Waals surface area contributed by atoms with Gasteiger partial charge in [-0.25, -0.2) is 0 Å². The van der Waals surface area contributed by atoms with E-state index in [1.54, 1.807) is 19.2 Å². The Kier molecular flexibility index (Phi) is 8.68. The number of benzene rings is 2. The molecule has 1 unspecified atom stereocenters. The lowest BCUT2D eigenvalue weighted by molar-refractivity contribution is -0.885. The van der Waals surface area contributed by atoms with Crippen molar-refractivity contribution in [1.29, 1.82) is 0 Å². The molecule has 0 saturated carbocycles. The SMILES string of the molecule is CC[C@H](CNC(=O)[C@@H](C)[NH+](C)CC(=O)Nc1cccc(OC)c1)c1ccccc1. The van der Waals surface area contributed by atoms with Crippen molar-refractivity contribution in [3.8, 4) is 5.75 Å². The van der Waals surface area contributed by atoms with E-state index in [1.807, 2.05) is 44.3 Å². The summed E-state index contributed by atoms with van der Waals surface area (Å²) in [5, 5.41) is 5.89. The first-order valence-electron chi connectivity index (χ1n) is 10.0. The van der Waals surface area contributed by atoms with Gasteiger partial charge in [-0.2, -0.15) is 0 Å². The number of anilines is 1. The van der Waals surface area contributed by atoms with E-state index < -0.39 is 0 Å². The highest BCUT2D eigenvalue weighted by Crippen LogP contribution is 2.18. The highest BCUT2D eigenvalue weighted by molar-refractivity contribution is 5.91. The number of quaternary nitrogens is 1. The molecule has 6 nitrogen and oxygen atoms in total. The van der Waals surface area contributed by atoms with Crippen molar-refractivity contribution in [2.45, 2.75) is 32.2 Å². The Hall–Kier alpha value is -2.86. The van der Waals surface area contributed by atoms with E-state index in [9.17, 15) is 9.59 Å². The summed E-state index contributed by atoms with van der Waals surface area (Å²) < 4.78 is 5.17. The van der Waals surface area contributed by atoms with E-state index >= 15 is 0 Å². The summed E-state index contributed by atoms with van der Waals surface area (Å²) in [5.41, 5.74) is 1.90. The number of carbonyl (C=O) groups is 2. The van der Waals surface area contributed by atoms with Crippen LogP contribution in [-0.4, -0.2) is 45.1 Å². The summed E-state index contributed by atoms with van der Waals surface area (Å²) in [6.45, 7) is 4.75. The molecule has 2 amide bonds. The second-order valence-corrected chi connectivity index (χ2v) is 7.29. The minimum Gasteiger partial charge on any atom is -0.497 e. The van der Waals surface area contributed by atoms with Gasteiger partial charge in [0.05, 0.1) is 14.2 Å². The van der Waals surface area contributed by atoms with Gasteiger partial charge in [0, 0.05) is 24.2 Å². The summed E-state index contributed by atoms with van der Waals surface area (Å²) in [5.74, 6) is 0.765. The molecule has 0 aromatic heterocycles. The van der Waals surface area contributed by atoms with Crippen LogP contribution < -0.4 is 20.3 Å². The Bertz CT molecular complexity index is 795. The maximum Gasteiger partial charge on any atom is 0.279 e. The average Bonchev–Trinajstić information content (AvgIpc) is 2.74. The van der Waals surface area contributed by atoms with Crippen molar-refractivity contribution in [2.75, 3.05) is 32.6 Å².